The fourth-order valence-electron chi connectivity index (χ4n) is 12.0. The zero-order valence-corrected chi connectivity index (χ0v) is 43.6. The topological polar surface area (TPSA) is 0 Å². The van der Waals surface area contributed by atoms with Crippen LogP contribution in [0.25, 0.3) is 56.7 Å². The molecule has 0 spiro atoms. The van der Waals surface area contributed by atoms with Crippen molar-refractivity contribution in [3.05, 3.63) is 233 Å². The van der Waals surface area contributed by atoms with Gasteiger partial charge in [0.2, 0.25) is 0 Å². The molecule has 8 aromatic carbocycles. The molecule has 66 heavy (non-hydrogen) atoms. The molecular weight excluding hydrogens is 935 g/mol. The number of hydrogen-bond acceptors (Lipinski definition) is 0. The van der Waals surface area contributed by atoms with Gasteiger partial charge in [-0.15, -0.1) is 0 Å². The summed E-state index contributed by atoms with van der Waals surface area (Å²) in [5.74, 6) is 0.813. The molecule has 0 fully saturated rings. The SMILES string of the molecule is CCC(C)c1ccccc1-c1cccc2c1C=C(c1ccccc1)[CH]2[Zr]([Cl])([Cl])([c]1cccc2c1[SiH2]c1ccccc1-2)[CH]1C(c2ccccc2)=Cc2c(-c3ccccc3C(C)CC)cccc21. The molecule has 2 aliphatic carbocycles. The van der Waals surface area contributed by atoms with Crippen molar-refractivity contribution in [3.8, 4) is 33.4 Å². The minimum absolute atomic E-state index is 0.272. The normalized spacial score (nSPS) is 17.8. The van der Waals surface area contributed by atoms with E-state index < -0.39 is 25.9 Å². The molecule has 4 unspecified atom stereocenters. The fourth-order valence-corrected chi connectivity index (χ4v) is 39.1. The molecule has 4 heteroatoms. The molecule has 325 valence electrons. The van der Waals surface area contributed by atoms with Crippen LogP contribution >= 0.6 is 17.0 Å². The summed E-state index contributed by atoms with van der Waals surface area (Å²) in [6.07, 6.45) is 7.11. The number of rotatable bonds is 11. The van der Waals surface area contributed by atoms with Crippen molar-refractivity contribution in [2.45, 2.75) is 59.6 Å². The Morgan fingerprint density at radius 1 is 0.439 bits per heavy atom. The molecule has 0 aromatic heterocycles. The predicted octanol–water partition coefficient (Wildman–Crippen LogP) is 15.4. The summed E-state index contributed by atoms with van der Waals surface area (Å²) in [6, 6.07) is 70.1. The van der Waals surface area contributed by atoms with E-state index in [0.29, 0.717) is 11.8 Å². The van der Waals surface area contributed by atoms with Crippen LogP contribution < -0.4 is 13.6 Å². The summed E-state index contributed by atoms with van der Waals surface area (Å²) < 4.78 is 0.688. The van der Waals surface area contributed by atoms with Gasteiger partial charge in [-0.05, 0) is 0 Å². The fraction of sp³-hybridized carbons (Fsp3) is 0.161. The number of fused-ring (bicyclic) bond motifs is 5. The Morgan fingerprint density at radius 2 is 0.848 bits per heavy atom. The van der Waals surface area contributed by atoms with E-state index in [-0.39, 0.29) is 7.25 Å². The van der Waals surface area contributed by atoms with Gasteiger partial charge < -0.3 is 0 Å². The summed E-state index contributed by atoms with van der Waals surface area (Å²) in [6.45, 7) is 9.29. The average Bonchev–Trinajstić information content (AvgIpc) is 4.10. The van der Waals surface area contributed by atoms with E-state index in [1.54, 1.807) is 0 Å². The van der Waals surface area contributed by atoms with Crippen molar-refractivity contribution >= 4 is 63.5 Å². The molecule has 1 heterocycles. The molecule has 0 saturated heterocycles. The summed E-state index contributed by atoms with van der Waals surface area (Å²) in [5.41, 5.74) is 20.3. The van der Waals surface area contributed by atoms with Crippen molar-refractivity contribution < 1.29 is 16.4 Å². The van der Waals surface area contributed by atoms with Crippen LogP contribution in [0.1, 0.15) is 104 Å². The second-order valence-corrected chi connectivity index (χ2v) is 41.5. The van der Waals surface area contributed by atoms with Crippen LogP contribution in [0.3, 0.4) is 0 Å². The Labute approximate surface area is 402 Å². The third kappa shape index (κ3) is 6.85. The summed E-state index contributed by atoms with van der Waals surface area (Å²) >= 11 is -5.98. The first kappa shape index (κ1) is 43.5. The first-order chi connectivity index (χ1) is 32.2. The van der Waals surface area contributed by atoms with Crippen molar-refractivity contribution in [2.75, 3.05) is 0 Å². The van der Waals surface area contributed by atoms with Gasteiger partial charge >= 0.3 is 405 Å². The number of hydrogen-bond donors (Lipinski definition) is 0. The Hall–Kier alpha value is -5.08. The molecule has 3 aliphatic rings. The van der Waals surface area contributed by atoms with Crippen molar-refractivity contribution in [3.63, 3.8) is 0 Å². The summed E-state index contributed by atoms with van der Waals surface area (Å²) in [5, 5.41) is 2.89. The molecule has 0 N–H and O–H groups in total. The van der Waals surface area contributed by atoms with Gasteiger partial charge in [0.1, 0.15) is 0 Å². The zero-order valence-electron chi connectivity index (χ0n) is 38.2. The van der Waals surface area contributed by atoms with Gasteiger partial charge in [-0.1, -0.05) is 0 Å². The van der Waals surface area contributed by atoms with E-state index in [1.165, 1.54) is 103 Å². The predicted molar refractivity (Wildman–Crippen MR) is 286 cm³/mol. The van der Waals surface area contributed by atoms with Crippen LogP contribution in [0.15, 0.2) is 188 Å². The molecule has 0 amide bonds. The Morgan fingerprint density at radius 3 is 1.35 bits per heavy atom. The maximum absolute atomic E-state index is 9.62. The Kier molecular flexibility index (Phi) is 11.3. The van der Waals surface area contributed by atoms with Gasteiger partial charge in [0, 0.05) is 0 Å². The van der Waals surface area contributed by atoms with Crippen molar-refractivity contribution in [1.82, 2.24) is 0 Å². The van der Waals surface area contributed by atoms with E-state index in [0.717, 1.165) is 12.8 Å². The van der Waals surface area contributed by atoms with Gasteiger partial charge in [0.05, 0.1) is 0 Å². The first-order valence-electron chi connectivity index (χ1n) is 24.0. The van der Waals surface area contributed by atoms with Crippen molar-refractivity contribution in [1.29, 1.82) is 0 Å². The molecular formula is C62H55Cl2SiZr. The number of benzene rings is 8. The molecule has 11 rings (SSSR count). The minimum atomic E-state index is -5.98. The summed E-state index contributed by atoms with van der Waals surface area (Å²) in [4.78, 5) is 0. The van der Waals surface area contributed by atoms with Gasteiger partial charge in [0.25, 0.3) is 0 Å². The van der Waals surface area contributed by atoms with Crippen LogP contribution in [0, 0.1) is 0 Å². The maximum atomic E-state index is 9.62. The Bertz CT molecular complexity index is 3070. The van der Waals surface area contributed by atoms with Crippen molar-refractivity contribution in [2.24, 2.45) is 0 Å². The molecule has 4 atom stereocenters. The molecule has 8 aromatic rings. The molecule has 0 radical (unpaired) electrons. The molecule has 1 aliphatic heterocycles. The second-order valence-electron chi connectivity index (χ2n) is 19.0. The first-order valence-corrected chi connectivity index (χ1v) is 35.8. The van der Waals surface area contributed by atoms with Crippen LogP contribution in [0.4, 0.5) is 0 Å². The van der Waals surface area contributed by atoms with E-state index in [9.17, 15) is 17.0 Å². The second kappa shape index (κ2) is 17.2. The third-order valence-corrected chi connectivity index (χ3v) is 38.0. The van der Waals surface area contributed by atoms with Crippen LogP contribution in [0.2, 0.25) is 0 Å². The van der Waals surface area contributed by atoms with Crippen LogP contribution in [-0.4, -0.2) is 9.52 Å². The van der Waals surface area contributed by atoms with E-state index in [2.05, 4.69) is 228 Å². The average molecular weight is 990 g/mol. The molecule has 0 bridgehead atoms. The third-order valence-electron chi connectivity index (χ3n) is 15.5. The zero-order chi connectivity index (χ0) is 45.2. The standard InChI is InChI=1S/2C25H23.C12H9Si.2ClH.Zr/c2*1-3-18(2)22-13-7-8-14-23(22)24-15-9-12-20-16-21(17-25(20)24)19-10-5-4-6-11-19;1-3-7-11-9(5-1)10-6-2-4-8-12(10)13-11;;;/h2*4-18H,3H2,1-2H3;1-7H,13H2;2*1H;/q;;;;;+2/p-2. The number of allylic oxidation sites excluding steroid dienone is 2. The quantitative estimate of drug-likeness (QED) is 0.113. The van der Waals surface area contributed by atoms with Crippen LogP contribution in [-0.2, 0) is 16.4 Å². The van der Waals surface area contributed by atoms with Gasteiger partial charge in [-0.25, -0.2) is 0 Å². The van der Waals surface area contributed by atoms with Gasteiger partial charge in [-0.2, -0.15) is 0 Å². The molecule has 0 saturated carbocycles. The molecule has 0 nitrogen and oxygen atoms in total. The number of halogens is 2. The van der Waals surface area contributed by atoms with E-state index in [1.807, 2.05) is 0 Å². The van der Waals surface area contributed by atoms with E-state index >= 15 is 0 Å². The van der Waals surface area contributed by atoms with Gasteiger partial charge in [-0.3, -0.25) is 0 Å². The Balaban J connectivity index is 1.26. The van der Waals surface area contributed by atoms with Crippen LogP contribution in [0.5, 0.6) is 0 Å². The van der Waals surface area contributed by atoms with Gasteiger partial charge in [0.15, 0.2) is 0 Å². The monoisotopic (exact) mass is 987 g/mol. The summed E-state index contributed by atoms with van der Waals surface area (Å²) in [7, 11) is 18.3. The van der Waals surface area contributed by atoms with E-state index in [4.69, 9.17) is 0 Å².